The van der Waals surface area contributed by atoms with E-state index in [1.807, 2.05) is 0 Å². The van der Waals surface area contributed by atoms with Gasteiger partial charge < -0.3 is 0 Å². The zero-order valence-corrected chi connectivity index (χ0v) is 9.74. The van der Waals surface area contributed by atoms with Gasteiger partial charge in [-0.25, -0.2) is 8.42 Å². The monoisotopic (exact) mass is 236 g/mol. The van der Waals surface area contributed by atoms with E-state index in [1.54, 1.807) is 30.3 Å². The van der Waals surface area contributed by atoms with Gasteiger partial charge in [-0.1, -0.05) is 24.8 Å². The lowest BCUT2D eigenvalue weighted by Gasteiger charge is -2.20. The first-order valence-electron chi connectivity index (χ1n) is 4.85. The molecule has 0 radical (unpaired) electrons. The van der Waals surface area contributed by atoms with Crippen molar-refractivity contribution >= 4 is 9.84 Å². The maximum Gasteiger partial charge on any atom is 0.209 e. The zero-order valence-electron chi connectivity index (χ0n) is 8.92. The van der Waals surface area contributed by atoms with Gasteiger partial charge in [0, 0.05) is 0 Å². The van der Waals surface area contributed by atoms with Crippen molar-refractivity contribution in [1.82, 2.24) is 0 Å². The fraction of sp³-hybridized carbons (Fsp3) is 0.273. The van der Waals surface area contributed by atoms with Crippen molar-refractivity contribution in [1.29, 1.82) is 0 Å². The Balaban J connectivity index is 2.57. The van der Waals surface area contributed by atoms with Crippen molar-refractivity contribution in [2.45, 2.75) is 16.7 Å². The quantitative estimate of drug-likeness (QED) is 0.739. The largest absolute Gasteiger partial charge is 0.221 e. The third-order valence-electron chi connectivity index (χ3n) is 2.76. The average molecular weight is 236 g/mol. The smallest absolute Gasteiger partial charge is 0.209 e. The van der Waals surface area contributed by atoms with Crippen LogP contribution in [-0.4, -0.2) is 19.8 Å². The van der Waals surface area contributed by atoms with E-state index in [0.717, 1.165) is 0 Å². The van der Waals surface area contributed by atoms with Gasteiger partial charge in [0.2, 0.25) is 14.7 Å². The van der Waals surface area contributed by atoms with Gasteiger partial charge in [-0.2, -0.15) is 10.2 Å². The second kappa shape index (κ2) is 3.52. The molecule has 1 aromatic carbocycles. The van der Waals surface area contributed by atoms with Crippen LogP contribution in [0.15, 0.2) is 57.6 Å². The molecular formula is C11H12N2O2S. The minimum Gasteiger partial charge on any atom is -0.221 e. The molecule has 0 saturated carbocycles. The molecule has 0 fully saturated rings. The summed E-state index contributed by atoms with van der Waals surface area (Å²) in [6, 6.07) is 8.26. The number of rotatable bonds is 2. The summed E-state index contributed by atoms with van der Waals surface area (Å²) in [7, 11) is -3.55. The molecule has 16 heavy (non-hydrogen) atoms. The summed E-state index contributed by atoms with van der Waals surface area (Å²) in [6.45, 7) is 5.55. The number of nitrogens with zero attached hydrogens (tertiary/aromatic N) is 2. The molecule has 1 aliphatic rings. The SMILES string of the molecule is C=C1CN=NC1(C)S(=O)(=O)c1ccccc1. The first-order valence-corrected chi connectivity index (χ1v) is 6.33. The van der Waals surface area contributed by atoms with Crippen molar-refractivity contribution in [2.24, 2.45) is 10.2 Å². The van der Waals surface area contributed by atoms with Crippen LogP contribution >= 0.6 is 0 Å². The normalized spacial score (nSPS) is 24.9. The molecule has 0 N–H and O–H groups in total. The molecule has 2 rings (SSSR count). The summed E-state index contributed by atoms with van der Waals surface area (Å²) in [6.07, 6.45) is 0. The average Bonchev–Trinajstić information content (AvgIpc) is 2.62. The topological polar surface area (TPSA) is 58.9 Å². The molecule has 0 aliphatic carbocycles. The minimum absolute atomic E-state index is 0.250. The van der Waals surface area contributed by atoms with Crippen LogP contribution in [-0.2, 0) is 9.84 Å². The maximum absolute atomic E-state index is 12.4. The molecule has 4 nitrogen and oxygen atoms in total. The number of hydrogen-bond donors (Lipinski definition) is 0. The summed E-state index contributed by atoms with van der Waals surface area (Å²) in [4.78, 5) is -1.06. The highest BCUT2D eigenvalue weighted by molar-refractivity contribution is 7.93. The van der Waals surface area contributed by atoms with Crippen LogP contribution in [0.1, 0.15) is 6.92 Å². The Labute approximate surface area is 94.6 Å². The molecule has 1 aromatic rings. The second-order valence-corrected chi connectivity index (χ2v) is 6.08. The highest BCUT2D eigenvalue weighted by Crippen LogP contribution is 2.36. The number of sulfone groups is 1. The molecular weight excluding hydrogens is 224 g/mol. The molecule has 0 saturated heterocycles. The van der Waals surface area contributed by atoms with Crippen molar-refractivity contribution < 1.29 is 8.42 Å². The van der Waals surface area contributed by atoms with Gasteiger partial charge in [-0.3, -0.25) is 0 Å². The Morgan fingerprint density at radius 2 is 1.94 bits per heavy atom. The Kier molecular flexibility index (Phi) is 2.42. The van der Waals surface area contributed by atoms with E-state index in [9.17, 15) is 8.42 Å². The van der Waals surface area contributed by atoms with Crippen molar-refractivity contribution in [3.63, 3.8) is 0 Å². The van der Waals surface area contributed by atoms with Crippen LogP contribution in [0.3, 0.4) is 0 Å². The predicted molar refractivity (Wildman–Crippen MR) is 60.9 cm³/mol. The first-order chi connectivity index (χ1) is 7.48. The Bertz CT molecular complexity index is 549. The van der Waals surface area contributed by atoms with Gasteiger partial charge >= 0.3 is 0 Å². The first kappa shape index (κ1) is 11.0. The Morgan fingerprint density at radius 3 is 2.44 bits per heavy atom. The van der Waals surface area contributed by atoms with Gasteiger partial charge in [0.15, 0.2) is 0 Å². The highest BCUT2D eigenvalue weighted by Gasteiger charge is 2.45. The molecule has 1 atom stereocenters. The number of benzene rings is 1. The molecule has 0 amide bonds. The van der Waals surface area contributed by atoms with E-state index in [2.05, 4.69) is 16.8 Å². The van der Waals surface area contributed by atoms with E-state index in [4.69, 9.17) is 0 Å². The molecule has 0 spiro atoms. The summed E-state index contributed by atoms with van der Waals surface area (Å²) >= 11 is 0. The van der Waals surface area contributed by atoms with Crippen molar-refractivity contribution in [2.75, 3.05) is 6.54 Å². The highest BCUT2D eigenvalue weighted by atomic mass is 32.2. The number of hydrogen-bond acceptors (Lipinski definition) is 4. The molecule has 0 aromatic heterocycles. The standard InChI is InChI=1S/C11H12N2O2S/c1-9-8-12-13-11(9,2)16(14,15)10-6-4-3-5-7-10/h3-7H,1,8H2,2H3. The summed E-state index contributed by atoms with van der Waals surface area (Å²) in [5, 5.41) is 7.59. The molecule has 1 aliphatic heterocycles. The van der Waals surface area contributed by atoms with Crippen LogP contribution in [0.4, 0.5) is 0 Å². The van der Waals surface area contributed by atoms with Gasteiger partial charge in [0.1, 0.15) is 0 Å². The second-order valence-electron chi connectivity index (χ2n) is 3.80. The van der Waals surface area contributed by atoms with Crippen LogP contribution in [0.5, 0.6) is 0 Å². The third-order valence-corrected chi connectivity index (χ3v) is 5.07. The van der Waals surface area contributed by atoms with Gasteiger partial charge in [-0.05, 0) is 24.6 Å². The van der Waals surface area contributed by atoms with Crippen LogP contribution in [0.25, 0.3) is 0 Å². The Hall–Kier alpha value is -1.49. The summed E-state index contributed by atoms with van der Waals surface area (Å²) in [5.41, 5.74) is 0.511. The lowest BCUT2D eigenvalue weighted by molar-refractivity contribution is 0.563. The Morgan fingerprint density at radius 1 is 1.31 bits per heavy atom. The molecule has 1 heterocycles. The molecule has 0 bridgehead atoms. The summed E-state index contributed by atoms with van der Waals surface area (Å²) < 4.78 is 24.7. The van der Waals surface area contributed by atoms with E-state index in [0.29, 0.717) is 5.57 Å². The lowest BCUT2D eigenvalue weighted by atomic mass is 10.2. The fourth-order valence-electron chi connectivity index (χ4n) is 1.55. The van der Waals surface area contributed by atoms with Crippen LogP contribution in [0.2, 0.25) is 0 Å². The lowest BCUT2D eigenvalue weighted by Crippen LogP contribution is -2.33. The van der Waals surface area contributed by atoms with Crippen molar-refractivity contribution in [3.05, 3.63) is 42.5 Å². The van der Waals surface area contributed by atoms with Crippen LogP contribution in [0, 0.1) is 0 Å². The minimum atomic E-state index is -3.55. The fourth-order valence-corrected chi connectivity index (χ4v) is 3.13. The predicted octanol–water partition coefficient (Wildman–Crippen LogP) is 2.20. The van der Waals surface area contributed by atoms with E-state index < -0.39 is 14.7 Å². The molecule has 5 heteroatoms. The summed E-state index contributed by atoms with van der Waals surface area (Å²) in [5.74, 6) is 0. The van der Waals surface area contributed by atoms with E-state index in [1.165, 1.54) is 6.92 Å². The van der Waals surface area contributed by atoms with E-state index >= 15 is 0 Å². The van der Waals surface area contributed by atoms with Gasteiger partial charge in [-0.15, -0.1) is 0 Å². The number of azo groups is 1. The van der Waals surface area contributed by atoms with Gasteiger partial charge in [0.05, 0.1) is 11.4 Å². The maximum atomic E-state index is 12.4. The third kappa shape index (κ3) is 1.39. The van der Waals surface area contributed by atoms with E-state index in [-0.39, 0.29) is 11.4 Å². The molecule has 84 valence electrons. The molecule has 1 unspecified atom stereocenters. The van der Waals surface area contributed by atoms with Crippen molar-refractivity contribution in [3.8, 4) is 0 Å². The zero-order chi connectivity index (χ0) is 11.8. The van der Waals surface area contributed by atoms with Crippen LogP contribution < -0.4 is 0 Å². The van der Waals surface area contributed by atoms with Gasteiger partial charge in [0.25, 0.3) is 0 Å².